The summed E-state index contributed by atoms with van der Waals surface area (Å²) in [6.45, 7) is 3.58. The van der Waals surface area contributed by atoms with Gasteiger partial charge in [-0.25, -0.2) is 9.97 Å². The zero-order chi connectivity index (χ0) is 22.5. The highest BCUT2D eigenvalue weighted by molar-refractivity contribution is 5.88. The Kier molecular flexibility index (Phi) is 6.47. The summed E-state index contributed by atoms with van der Waals surface area (Å²) in [7, 11) is 3.68. The molecule has 164 valence electrons. The standard InChI is InChI=1S/C24H26N6O2/c1-29-10-12-30(13-11-29)23-22(27-20-8-3-4-9-21(20)28-23)19(15-25)24(31)26-16-17-6-5-7-18(14-17)32-2/h3-9,14,19H,10-13,16H2,1-2H3,(H,26,31). The molecule has 3 aromatic rings. The van der Waals surface area contributed by atoms with Gasteiger partial charge in [0.25, 0.3) is 0 Å². The Labute approximate surface area is 187 Å². The molecule has 1 unspecified atom stereocenters. The summed E-state index contributed by atoms with van der Waals surface area (Å²) < 4.78 is 5.24. The average Bonchev–Trinajstić information content (AvgIpc) is 2.83. The molecular formula is C24H26N6O2. The number of piperazine rings is 1. The number of nitrogens with zero attached hydrogens (tertiary/aromatic N) is 5. The molecule has 8 nitrogen and oxygen atoms in total. The first kappa shape index (κ1) is 21.5. The number of rotatable bonds is 6. The molecule has 32 heavy (non-hydrogen) atoms. The molecular weight excluding hydrogens is 404 g/mol. The molecule has 1 atom stereocenters. The van der Waals surface area contributed by atoms with Gasteiger partial charge in [0.15, 0.2) is 11.7 Å². The molecule has 1 aromatic heterocycles. The lowest BCUT2D eigenvalue weighted by atomic mass is 10.0. The first-order chi connectivity index (χ1) is 15.6. The molecule has 1 amide bonds. The number of benzene rings is 2. The monoisotopic (exact) mass is 430 g/mol. The fraction of sp³-hybridized carbons (Fsp3) is 0.333. The van der Waals surface area contributed by atoms with E-state index in [4.69, 9.17) is 14.7 Å². The number of amides is 1. The summed E-state index contributed by atoms with van der Waals surface area (Å²) >= 11 is 0. The maximum atomic E-state index is 13.1. The Morgan fingerprint density at radius 1 is 1.12 bits per heavy atom. The normalized spacial score (nSPS) is 15.2. The van der Waals surface area contributed by atoms with Crippen molar-refractivity contribution < 1.29 is 9.53 Å². The van der Waals surface area contributed by atoms with Crippen LogP contribution >= 0.6 is 0 Å². The van der Waals surface area contributed by atoms with Crippen molar-refractivity contribution in [3.63, 3.8) is 0 Å². The summed E-state index contributed by atoms with van der Waals surface area (Å²) in [5.74, 6) is -0.131. The highest BCUT2D eigenvalue weighted by Crippen LogP contribution is 2.28. The molecule has 0 bridgehead atoms. The van der Waals surface area contributed by atoms with Crippen molar-refractivity contribution in [3.8, 4) is 11.8 Å². The quantitative estimate of drug-likeness (QED) is 0.641. The number of methoxy groups -OCH3 is 1. The first-order valence-corrected chi connectivity index (χ1v) is 10.6. The van der Waals surface area contributed by atoms with Crippen LogP contribution in [0.1, 0.15) is 17.2 Å². The minimum absolute atomic E-state index is 0.291. The van der Waals surface area contributed by atoms with Gasteiger partial charge in [-0.2, -0.15) is 5.26 Å². The van der Waals surface area contributed by atoms with Crippen LogP contribution in [-0.4, -0.2) is 61.1 Å². The van der Waals surface area contributed by atoms with Gasteiger partial charge in [-0.15, -0.1) is 0 Å². The van der Waals surface area contributed by atoms with Crippen LogP contribution in [0.25, 0.3) is 11.0 Å². The third-order valence-corrected chi connectivity index (χ3v) is 5.65. The van der Waals surface area contributed by atoms with Crippen molar-refractivity contribution in [1.29, 1.82) is 5.26 Å². The van der Waals surface area contributed by atoms with Gasteiger partial charge in [-0.05, 0) is 36.9 Å². The molecule has 1 aliphatic heterocycles. The zero-order valence-electron chi connectivity index (χ0n) is 18.3. The van der Waals surface area contributed by atoms with E-state index in [1.54, 1.807) is 7.11 Å². The number of aromatic nitrogens is 2. The fourth-order valence-electron chi connectivity index (χ4n) is 3.77. The number of carbonyl (C=O) groups excluding carboxylic acids is 1. The number of para-hydroxylation sites is 2. The Balaban J connectivity index is 1.63. The van der Waals surface area contributed by atoms with Gasteiger partial charge in [0.1, 0.15) is 11.4 Å². The molecule has 1 saturated heterocycles. The van der Waals surface area contributed by atoms with Crippen molar-refractivity contribution in [2.24, 2.45) is 0 Å². The fourth-order valence-corrected chi connectivity index (χ4v) is 3.77. The summed E-state index contributed by atoms with van der Waals surface area (Å²) in [5.41, 5.74) is 2.71. The topological polar surface area (TPSA) is 94.4 Å². The Morgan fingerprint density at radius 2 is 1.84 bits per heavy atom. The Hall–Kier alpha value is -3.70. The smallest absolute Gasteiger partial charge is 0.243 e. The predicted octanol–water partition coefficient (Wildman–Crippen LogP) is 2.31. The number of likely N-dealkylation sites (N-methyl/N-ethyl adjacent to an activating group) is 1. The molecule has 1 fully saturated rings. The van der Waals surface area contributed by atoms with Crippen LogP contribution in [0.15, 0.2) is 48.5 Å². The van der Waals surface area contributed by atoms with E-state index in [0.717, 1.165) is 37.3 Å². The predicted molar refractivity (Wildman–Crippen MR) is 122 cm³/mol. The number of nitrogens with one attached hydrogen (secondary N) is 1. The SMILES string of the molecule is COc1cccc(CNC(=O)C(C#N)c2nc3ccccc3nc2N2CCN(C)CC2)c1. The van der Waals surface area contributed by atoms with Crippen LogP contribution in [0.2, 0.25) is 0 Å². The van der Waals surface area contributed by atoms with Gasteiger partial charge >= 0.3 is 0 Å². The maximum Gasteiger partial charge on any atom is 0.243 e. The highest BCUT2D eigenvalue weighted by Gasteiger charge is 2.29. The van der Waals surface area contributed by atoms with Crippen molar-refractivity contribution in [2.45, 2.75) is 12.5 Å². The van der Waals surface area contributed by atoms with Crippen molar-refractivity contribution >= 4 is 22.8 Å². The lowest BCUT2D eigenvalue weighted by Crippen LogP contribution is -2.45. The van der Waals surface area contributed by atoms with E-state index in [-0.39, 0.29) is 0 Å². The van der Waals surface area contributed by atoms with E-state index in [1.165, 1.54) is 0 Å². The van der Waals surface area contributed by atoms with Gasteiger partial charge in [-0.3, -0.25) is 4.79 Å². The molecule has 0 spiro atoms. The second-order valence-corrected chi connectivity index (χ2v) is 7.84. The van der Waals surface area contributed by atoms with Crippen molar-refractivity contribution in [3.05, 3.63) is 59.8 Å². The number of carbonyl (C=O) groups is 1. The lowest BCUT2D eigenvalue weighted by molar-refractivity contribution is -0.121. The highest BCUT2D eigenvalue weighted by atomic mass is 16.5. The number of anilines is 1. The maximum absolute atomic E-state index is 13.1. The van der Waals surface area contributed by atoms with Crippen molar-refractivity contribution in [1.82, 2.24) is 20.2 Å². The largest absolute Gasteiger partial charge is 0.497 e. The third kappa shape index (κ3) is 4.63. The van der Waals surface area contributed by atoms with E-state index < -0.39 is 11.8 Å². The van der Waals surface area contributed by atoms with E-state index in [2.05, 4.69) is 28.2 Å². The number of hydrogen-bond acceptors (Lipinski definition) is 7. The molecule has 4 rings (SSSR count). The molecule has 2 heterocycles. The summed E-state index contributed by atoms with van der Waals surface area (Å²) in [5, 5.41) is 12.8. The lowest BCUT2D eigenvalue weighted by Gasteiger charge is -2.34. The van der Waals surface area contributed by atoms with Crippen LogP contribution in [0.3, 0.4) is 0 Å². The first-order valence-electron chi connectivity index (χ1n) is 10.6. The van der Waals surface area contributed by atoms with Crippen LogP contribution in [0, 0.1) is 11.3 Å². The molecule has 8 heteroatoms. The minimum atomic E-state index is -1.06. The van der Waals surface area contributed by atoms with Gasteiger partial charge in [0.2, 0.25) is 5.91 Å². The van der Waals surface area contributed by atoms with Crippen LogP contribution in [0.5, 0.6) is 5.75 Å². The average molecular weight is 431 g/mol. The second kappa shape index (κ2) is 9.62. The van der Waals surface area contributed by atoms with Crippen LogP contribution in [-0.2, 0) is 11.3 Å². The van der Waals surface area contributed by atoms with Gasteiger partial charge in [-0.1, -0.05) is 24.3 Å². The zero-order valence-corrected chi connectivity index (χ0v) is 18.3. The molecule has 2 aromatic carbocycles. The second-order valence-electron chi connectivity index (χ2n) is 7.84. The summed E-state index contributed by atoms with van der Waals surface area (Å²) in [4.78, 5) is 27.0. The summed E-state index contributed by atoms with van der Waals surface area (Å²) in [6, 6.07) is 17.1. The van der Waals surface area contributed by atoms with Crippen LogP contribution < -0.4 is 15.0 Å². The van der Waals surface area contributed by atoms with E-state index in [1.807, 2.05) is 48.5 Å². The van der Waals surface area contributed by atoms with Crippen LogP contribution in [0.4, 0.5) is 5.82 Å². The number of hydrogen-bond donors (Lipinski definition) is 1. The third-order valence-electron chi connectivity index (χ3n) is 5.65. The molecule has 1 aliphatic rings. The van der Waals surface area contributed by atoms with E-state index >= 15 is 0 Å². The van der Waals surface area contributed by atoms with E-state index in [9.17, 15) is 10.1 Å². The molecule has 1 N–H and O–H groups in total. The number of fused-ring (bicyclic) bond motifs is 1. The van der Waals surface area contributed by atoms with Gasteiger partial charge < -0.3 is 19.9 Å². The Bertz CT molecular complexity index is 1150. The van der Waals surface area contributed by atoms with Crippen molar-refractivity contribution in [2.75, 3.05) is 45.2 Å². The molecule has 0 saturated carbocycles. The van der Waals surface area contributed by atoms with E-state index in [0.29, 0.717) is 29.3 Å². The molecule has 0 aliphatic carbocycles. The number of nitriles is 1. The summed E-state index contributed by atoms with van der Waals surface area (Å²) in [6.07, 6.45) is 0. The van der Waals surface area contributed by atoms with Gasteiger partial charge in [0.05, 0.1) is 24.2 Å². The molecule has 0 radical (unpaired) electrons. The van der Waals surface area contributed by atoms with Gasteiger partial charge in [0, 0.05) is 32.7 Å². The Morgan fingerprint density at radius 3 is 2.53 bits per heavy atom. The minimum Gasteiger partial charge on any atom is -0.497 e. The number of ether oxygens (including phenoxy) is 1.